The van der Waals surface area contributed by atoms with Gasteiger partial charge in [0, 0.05) is 25.2 Å². The van der Waals surface area contributed by atoms with Gasteiger partial charge in [-0.3, -0.25) is 4.79 Å². The normalized spacial score (nSPS) is 26.9. The number of hydrogen-bond donors (Lipinski definition) is 2. The van der Waals surface area contributed by atoms with Gasteiger partial charge in [0.1, 0.15) is 0 Å². The number of likely N-dealkylation sites (N-methyl/N-ethyl adjacent to an activating group) is 1. The molecule has 0 radical (unpaired) electrons. The van der Waals surface area contributed by atoms with Crippen molar-refractivity contribution in [1.82, 2.24) is 10.2 Å². The minimum atomic E-state index is -0.0811. The van der Waals surface area contributed by atoms with Gasteiger partial charge in [-0.25, -0.2) is 0 Å². The largest absolute Gasteiger partial charge is 0.342 e. The van der Waals surface area contributed by atoms with Gasteiger partial charge < -0.3 is 16.0 Å². The summed E-state index contributed by atoms with van der Waals surface area (Å²) in [5.41, 5.74) is 5.70. The van der Waals surface area contributed by atoms with Crippen LogP contribution in [0.2, 0.25) is 0 Å². The number of rotatable bonds is 5. The summed E-state index contributed by atoms with van der Waals surface area (Å²) in [6, 6.07) is 0.690. The van der Waals surface area contributed by atoms with Crippen molar-refractivity contribution in [3.63, 3.8) is 0 Å². The monoisotopic (exact) mass is 213 g/mol. The van der Waals surface area contributed by atoms with E-state index in [0.717, 1.165) is 25.9 Å². The Balaban J connectivity index is 2.32. The molecule has 88 valence electrons. The number of nitrogens with zero attached hydrogens (tertiary/aromatic N) is 1. The van der Waals surface area contributed by atoms with E-state index in [0.29, 0.717) is 12.1 Å². The minimum Gasteiger partial charge on any atom is -0.342 e. The van der Waals surface area contributed by atoms with Crippen molar-refractivity contribution in [2.75, 3.05) is 13.1 Å². The third-order valence-corrected chi connectivity index (χ3v) is 3.11. The molecule has 4 heteroatoms. The lowest BCUT2D eigenvalue weighted by Gasteiger charge is -2.36. The van der Waals surface area contributed by atoms with Gasteiger partial charge in [0.05, 0.1) is 6.04 Å². The van der Waals surface area contributed by atoms with E-state index in [-0.39, 0.29) is 11.9 Å². The molecule has 1 aliphatic carbocycles. The Morgan fingerprint density at radius 1 is 1.47 bits per heavy atom. The fourth-order valence-corrected chi connectivity index (χ4v) is 2.03. The average Bonchev–Trinajstić information content (AvgIpc) is 2.17. The molecule has 0 saturated heterocycles. The van der Waals surface area contributed by atoms with Crippen molar-refractivity contribution in [3.05, 3.63) is 0 Å². The van der Waals surface area contributed by atoms with Crippen LogP contribution in [0.4, 0.5) is 0 Å². The van der Waals surface area contributed by atoms with E-state index in [1.165, 1.54) is 0 Å². The van der Waals surface area contributed by atoms with Crippen LogP contribution in [0.1, 0.15) is 33.6 Å². The van der Waals surface area contributed by atoms with Crippen LogP contribution in [-0.4, -0.2) is 42.0 Å². The topological polar surface area (TPSA) is 58.4 Å². The highest BCUT2D eigenvalue weighted by atomic mass is 16.2. The van der Waals surface area contributed by atoms with Gasteiger partial charge in [-0.1, -0.05) is 0 Å². The van der Waals surface area contributed by atoms with Gasteiger partial charge in [0.2, 0.25) is 5.91 Å². The summed E-state index contributed by atoms with van der Waals surface area (Å²) in [6.07, 6.45) is 1.99. The van der Waals surface area contributed by atoms with Crippen LogP contribution in [0.25, 0.3) is 0 Å². The van der Waals surface area contributed by atoms with Gasteiger partial charge in [0.15, 0.2) is 0 Å². The summed E-state index contributed by atoms with van der Waals surface area (Å²) < 4.78 is 0. The zero-order valence-corrected chi connectivity index (χ0v) is 9.99. The molecular formula is C11H23N3O. The molecule has 15 heavy (non-hydrogen) atoms. The van der Waals surface area contributed by atoms with Crippen LogP contribution in [0.5, 0.6) is 0 Å². The number of hydrogen-bond acceptors (Lipinski definition) is 3. The Hall–Kier alpha value is -0.610. The van der Waals surface area contributed by atoms with Crippen molar-refractivity contribution in [2.45, 2.75) is 51.7 Å². The van der Waals surface area contributed by atoms with Crippen LogP contribution >= 0.6 is 0 Å². The smallest absolute Gasteiger partial charge is 0.239 e. The van der Waals surface area contributed by atoms with Crippen molar-refractivity contribution >= 4 is 5.91 Å². The molecule has 0 aromatic heterocycles. The quantitative estimate of drug-likeness (QED) is 0.691. The third kappa shape index (κ3) is 3.18. The van der Waals surface area contributed by atoms with Crippen LogP contribution in [0, 0.1) is 0 Å². The number of carbonyl (C=O) groups is 1. The Labute approximate surface area is 92.2 Å². The summed E-state index contributed by atoms with van der Waals surface area (Å²) in [7, 11) is 0. The maximum atomic E-state index is 11.9. The van der Waals surface area contributed by atoms with Crippen LogP contribution in [0.15, 0.2) is 0 Å². The summed E-state index contributed by atoms with van der Waals surface area (Å²) in [6.45, 7) is 7.52. The van der Waals surface area contributed by atoms with Crippen LogP contribution in [0.3, 0.4) is 0 Å². The lowest BCUT2D eigenvalue weighted by atomic mass is 9.87. The maximum Gasteiger partial charge on any atom is 0.239 e. The molecule has 0 aromatic carbocycles. The zero-order valence-electron chi connectivity index (χ0n) is 9.99. The average molecular weight is 213 g/mol. The molecule has 3 N–H and O–H groups in total. The fourth-order valence-electron chi connectivity index (χ4n) is 2.03. The fraction of sp³-hybridized carbons (Fsp3) is 0.909. The Kier molecular flexibility index (Phi) is 4.54. The minimum absolute atomic E-state index is 0.0811. The number of carbonyl (C=O) groups excluding carboxylic acids is 1. The summed E-state index contributed by atoms with van der Waals surface area (Å²) >= 11 is 0. The number of nitrogens with two attached hydrogens (primary N) is 1. The molecule has 1 amide bonds. The van der Waals surface area contributed by atoms with E-state index in [9.17, 15) is 4.79 Å². The molecule has 0 spiro atoms. The second kappa shape index (κ2) is 5.47. The molecule has 0 aliphatic heterocycles. The molecule has 1 atom stereocenters. The highest BCUT2D eigenvalue weighted by Gasteiger charge is 2.29. The Morgan fingerprint density at radius 2 is 2.00 bits per heavy atom. The molecule has 1 rings (SSSR count). The molecule has 0 bridgehead atoms. The molecule has 0 aromatic rings. The first-order valence-corrected chi connectivity index (χ1v) is 5.88. The standard InChI is InChI=1S/C11H23N3O/c1-4-14(5-2)11(15)8(3)13-10-6-9(12)7-10/h8-10,13H,4-7,12H2,1-3H3. The van der Waals surface area contributed by atoms with Crippen LogP contribution < -0.4 is 11.1 Å². The predicted octanol–water partition coefficient (Wildman–Crippen LogP) is 0.323. The van der Waals surface area contributed by atoms with Gasteiger partial charge in [-0.2, -0.15) is 0 Å². The summed E-state index contributed by atoms with van der Waals surface area (Å²) in [5.74, 6) is 0.195. The highest BCUT2D eigenvalue weighted by Crippen LogP contribution is 2.18. The molecular weight excluding hydrogens is 190 g/mol. The van der Waals surface area contributed by atoms with Crippen molar-refractivity contribution in [3.8, 4) is 0 Å². The van der Waals surface area contributed by atoms with E-state index < -0.39 is 0 Å². The Bertz CT molecular complexity index is 210. The lowest BCUT2D eigenvalue weighted by Crippen LogP contribution is -2.55. The third-order valence-electron chi connectivity index (χ3n) is 3.11. The highest BCUT2D eigenvalue weighted by molar-refractivity contribution is 5.81. The molecule has 0 heterocycles. The first-order valence-electron chi connectivity index (χ1n) is 5.88. The number of nitrogens with one attached hydrogen (secondary N) is 1. The predicted molar refractivity (Wildman–Crippen MR) is 61.5 cm³/mol. The van der Waals surface area contributed by atoms with Gasteiger partial charge in [-0.05, 0) is 33.6 Å². The molecule has 4 nitrogen and oxygen atoms in total. The lowest BCUT2D eigenvalue weighted by molar-refractivity contribution is -0.133. The van der Waals surface area contributed by atoms with E-state index in [4.69, 9.17) is 5.73 Å². The first kappa shape index (κ1) is 12.5. The van der Waals surface area contributed by atoms with Gasteiger partial charge in [0.25, 0.3) is 0 Å². The maximum absolute atomic E-state index is 11.9. The van der Waals surface area contributed by atoms with E-state index in [1.807, 2.05) is 25.7 Å². The molecule has 1 saturated carbocycles. The molecule has 1 unspecified atom stereocenters. The van der Waals surface area contributed by atoms with Crippen molar-refractivity contribution < 1.29 is 4.79 Å². The van der Waals surface area contributed by atoms with E-state index >= 15 is 0 Å². The SMILES string of the molecule is CCN(CC)C(=O)C(C)NC1CC(N)C1. The van der Waals surface area contributed by atoms with Gasteiger partial charge in [-0.15, -0.1) is 0 Å². The van der Waals surface area contributed by atoms with Gasteiger partial charge >= 0.3 is 0 Å². The van der Waals surface area contributed by atoms with Crippen molar-refractivity contribution in [1.29, 1.82) is 0 Å². The second-order valence-corrected chi connectivity index (χ2v) is 4.33. The molecule has 1 fully saturated rings. The second-order valence-electron chi connectivity index (χ2n) is 4.33. The van der Waals surface area contributed by atoms with Crippen molar-refractivity contribution in [2.24, 2.45) is 5.73 Å². The summed E-state index contributed by atoms with van der Waals surface area (Å²) in [5, 5.41) is 3.32. The summed E-state index contributed by atoms with van der Waals surface area (Å²) in [4.78, 5) is 13.8. The first-order chi connectivity index (χ1) is 7.08. The van der Waals surface area contributed by atoms with E-state index in [1.54, 1.807) is 0 Å². The van der Waals surface area contributed by atoms with E-state index in [2.05, 4.69) is 5.32 Å². The molecule has 1 aliphatic rings. The number of amides is 1. The zero-order chi connectivity index (χ0) is 11.4. The van der Waals surface area contributed by atoms with Crippen LogP contribution in [-0.2, 0) is 4.79 Å². The Morgan fingerprint density at radius 3 is 2.40 bits per heavy atom.